The lowest BCUT2D eigenvalue weighted by molar-refractivity contribution is 0.0951. The van der Waals surface area contributed by atoms with Crippen molar-refractivity contribution in [2.45, 2.75) is 6.54 Å². The molecule has 0 atom stereocenters. The van der Waals surface area contributed by atoms with E-state index >= 15 is 0 Å². The summed E-state index contributed by atoms with van der Waals surface area (Å²) in [5.41, 5.74) is 3.40. The van der Waals surface area contributed by atoms with E-state index in [2.05, 4.69) is 15.4 Å². The first-order valence-corrected chi connectivity index (χ1v) is 10.3. The van der Waals surface area contributed by atoms with Gasteiger partial charge in [0.1, 0.15) is 5.69 Å². The van der Waals surface area contributed by atoms with Crippen LogP contribution in [0.3, 0.4) is 0 Å². The van der Waals surface area contributed by atoms with Crippen LogP contribution in [0.25, 0.3) is 16.9 Å². The van der Waals surface area contributed by atoms with Crippen LogP contribution in [0, 0.1) is 0 Å². The Balaban J connectivity index is 1.64. The van der Waals surface area contributed by atoms with Gasteiger partial charge in [-0.2, -0.15) is 5.10 Å². The summed E-state index contributed by atoms with van der Waals surface area (Å²) in [4.78, 5) is 17.4. The van der Waals surface area contributed by atoms with Crippen LogP contribution in [0.15, 0.2) is 73.2 Å². The number of nitrogens with one attached hydrogen (secondary N) is 1. The van der Waals surface area contributed by atoms with Gasteiger partial charge < -0.3 is 19.5 Å². The number of amides is 1. The van der Waals surface area contributed by atoms with Gasteiger partial charge in [0, 0.05) is 30.7 Å². The molecule has 0 aliphatic heterocycles. The third kappa shape index (κ3) is 4.64. The van der Waals surface area contributed by atoms with Gasteiger partial charge >= 0.3 is 0 Å². The molecule has 0 aliphatic carbocycles. The van der Waals surface area contributed by atoms with Gasteiger partial charge in [0.2, 0.25) is 5.75 Å². The van der Waals surface area contributed by atoms with Crippen LogP contribution in [0.1, 0.15) is 15.9 Å². The van der Waals surface area contributed by atoms with E-state index in [9.17, 15) is 4.79 Å². The fraction of sp³-hybridized carbons (Fsp3) is 0.160. The number of methoxy groups -OCH3 is 3. The zero-order chi connectivity index (χ0) is 23.2. The third-order valence-electron chi connectivity index (χ3n) is 5.09. The van der Waals surface area contributed by atoms with E-state index in [-0.39, 0.29) is 12.5 Å². The average molecular weight is 444 g/mol. The van der Waals surface area contributed by atoms with Gasteiger partial charge in [-0.05, 0) is 42.0 Å². The Morgan fingerprint density at radius 3 is 2.30 bits per heavy atom. The number of pyridine rings is 1. The van der Waals surface area contributed by atoms with Gasteiger partial charge in [0.15, 0.2) is 11.5 Å². The highest BCUT2D eigenvalue weighted by Crippen LogP contribution is 2.38. The van der Waals surface area contributed by atoms with Gasteiger partial charge in [0.05, 0.1) is 32.6 Å². The molecule has 1 N–H and O–H groups in total. The highest BCUT2D eigenvalue weighted by atomic mass is 16.5. The normalized spacial score (nSPS) is 10.5. The van der Waals surface area contributed by atoms with E-state index in [0.717, 1.165) is 16.8 Å². The largest absolute Gasteiger partial charge is 0.493 e. The number of ether oxygens (including phenoxy) is 3. The summed E-state index contributed by atoms with van der Waals surface area (Å²) in [6.07, 6.45) is 5.09. The lowest BCUT2D eigenvalue weighted by Gasteiger charge is -2.14. The Kier molecular flexibility index (Phi) is 6.54. The van der Waals surface area contributed by atoms with Crippen LogP contribution in [0.2, 0.25) is 0 Å². The van der Waals surface area contributed by atoms with Crippen LogP contribution in [0.5, 0.6) is 17.2 Å². The minimum atomic E-state index is -0.259. The summed E-state index contributed by atoms with van der Waals surface area (Å²) in [5, 5.41) is 7.63. The van der Waals surface area contributed by atoms with E-state index in [0.29, 0.717) is 28.5 Å². The predicted octanol–water partition coefficient (Wildman–Crippen LogP) is 3.89. The molecule has 2 aromatic heterocycles. The summed E-state index contributed by atoms with van der Waals surface area (Å²) in [6.45, 7) is 0.262. The Labute approximate surface area is 191 Å². The maximum Gasteiger partial charge on any atom is 0.255 e. The van der Waals surface area contributed by atoms with Crippen LogP contribution in [0.4, 0.5) is 0 Å². The van der Waals surface area contributed by atoms with E-state index in [1.165, 1.54) is 0 Å². The monoisotopic (exact) mass is 444 g/mol. The van der Waals surface area contributed by atoms with Crippen molar-refractivity contribution in [3.63, 3.8) is 0 Å². The SMILES string of the molecule is COc1cc(CNC(=O)c2cn(-c3ccccc3)nc2-c2cccnc2)cc(OC)c1OC. The Morgan fingerprint density at radius 2 is 1.70 bits per heavy atom. The smallest absolute Gasteiger partial charge is 0.255 e. The van der Waals surface area contributed by atoms with Gasteiger partial charge in [-0.1, -0.05) is 18.2 Å². The minimum absolute atomic E-state index is 0.259. The molecular formula is C25H24N4O4. The fourth-order valence-corrected chi connectivity index (χ4v) is 3.48. The summed E-state index contributed by atoms with van der Waals surface area (Å²) < 4.78 is 17.9. The summed E-state index contributed by atoms with van der Waals surface area (Å²) in [7, 11) is 4.65. The second-order valence-electron chi connectivity index (χ2n) is 7.13. The third-order valence-corrected chi connectivity index (χ3v) is 5.09. The quantitative estimate of drug-likeness (QED) is 0.444. The number of carbonyl (C=O) groups excluding carboxylic acids is 1. The molecule has 8 nitrogen and oxygen atoms in total. The first-order valence-electron chi connectivity index (χ1n) is 10.3. The van der Waals surface area contributed by atoms with Crippen molar-refractivity contribution in [1.29, 1.82) is 0 Å². The van der Waals surface area contributed by atoms with Gasteiger partial charge in [0.25, 0.3) is 5.91 Å². The summed E-state index contributed by atoms with van der Waals surface area (Å²) in [5.74, 6) is 1.28. The molecule has 0 aliphatic rings. The Morgan fingerprint density at radius 1 is 0.970 bits per heavy atom. The first-order chi connectivity index (χ1) is 16.1. The standard InChI is InChI=1S/C25H24N4O4/c1-31-21-12-17(13-22(32-2)24(21)33-3)14-27-25(30)20-16-29(19-9-5-4-6-10-19)28-23(20)18-8-7-11-26-15-18/h4-13,15-16H,14H2,1-3H3,(H,27,30). The van der Waals surface area contributed by atoms with Gasteiger partial charge in [-0.25, -0.2) is 4.68 Å². The number of hydrogen-bond donors (Lipinski definition) is 1. The van der Waals surface area contributed by atoms with Crippen molar-refractivity contribution >= 4 is 5.91 Å². The van der Waals surface area contributed by atoms with Crippen molar-refractivity contribution in [3.8, 4) is 34.2 Å². The lowest BCUT2D eigenvalue weighted by atomic mass is 10.1. The number of hydrogen-bond acceptors (Lipinski definition) is 6. The van der Waals surface area contributed by atoms with Crippen molar-refractivity contribution in [2.75, 3.05) is 21.3 Å². The molecule has 2 aromatic carbocycles. The summed E-state index contributed by atoms with van der Waals surface area (Å²) in [6, 6.07) is 16.9. The molecule has 0 radical (unpaired) electrons. The fourth-order valence-electron chi connectivity index (χ4n) is 3.48. The second-order valence-corrected chi connectivity index (χ2v) is 7.13. The van der Waals surface area contributed by atoms with Gasteiger partial charge in [-0.3, -0.25) is 9.78 Å². The molecule has 0 spiro atoms. The van der Waals surface area contributed by atoms with Crippen molar-refractivity contribution in [3.05, 3.63) is 84.3 Å². The topological polar surface area (TPSA) is 87.5 Å². The average Bonchev–Trinajstić information content (AvgIpc) is 3.33. The number of benzene rings is 2. The van der Waals surface area contributed by atoms with E-state index in [1.54, 1.807) is 56.7 Å². The molecule has 168 valence electrons. The number of nitrogens with zero attached hydrogens (tertiary/aromatic N) is 3. The molecule has 33 heavy (non-hydrogen) atoms. The van der Waals surface area contributed by atoms with Crippen LogP contribution in [-0.2, 0) is 6.54 Å². The Bertz CT molecular complexity index is 1220. The van der Waals surface area contributed by atoms with Crippen LogP contribution in [-0.4, -0.2) is 42.0 Å². The van der Waals surface area contributed by atoms with Crippen LogP contribution >= 0.6 is 0 Å². The molecule has 1 amide bonds. The maximum atomic E-state index is 13.2. The summed E-state index contributed by atoms with van der Waals surface area (Å²) >= 11 is 0. The number of para-hydroxylation sites is 1. The highest BCUT2D eigenvalue weighted by molar-refractivity contribution is 5.99. The molecule has 2 heterocycles. The van der Waals surface area contributed by atoms with E-state index in [1.807, 2.05) is 42.5 Å². The molecule has 8 heteroatoms. The number of carbonyl (C=O) groups is 1. The predicted molar refractivity (Wildman–Crippen MR) is 124 cm³/mol. The zero-order valence-electron chi connectivity index (χ0n) is 18.6. The molecular weight excluding hydrogens is 420 g/mol. The molecule has 4 aromatic rings. The number of rotatable bonds is 8. The van der Waals surface area contributed by atoms with Crippen molar-refractivity contribution < 1.29 is 19.0 Å². The minimum Gasteiger partial charge on any atom is -0.493 e. The van der Waals surface area contributed by atoms with Crippen LogP contribution < -0.4 is 19.5 Å². The lowest BCUT2D eigenvalue weighted by Crippen LogP contribution is -2.23. The van der Waals surface area contributed by atoms with Crippen molar-refractivity contribution in [1.82, 2.24) is 20.1 Å². The van der Waals surface area contributed by atoms with E-state index in [4.69, 9.17) is 14.2 Å². The Hall–Kier alpha value is -4.33. The maximum absolute atomic E-state index is 13.2. The molecule has 0 saturated heterocycles. The number of aromatic nitrogens is 3. The zero-order valence-corrected chi connectivity index (χ0v) is 18.6. The van der Waals surface area contributed by atoms with E-state index < -0.39 is 0 Å². The molecule has 0 unspecified atom stereocenters. The second kappa shape index (κ2) is 9.86. The molecule has 0 fully saturated rings. The molecule has 0 saturated carbocycles. The highest BCUT2D eigenvalue weighted by Gasteiger charge is 2.20. The van der Waals surface area contributed by atoms with Gasteiger partial charge in [-0.15, -0.1) is 0 Å². The first kappa shape index (κ1) is 21.9. The molecule has 4 rings (SSSR count). The van der Waals surface area contributed by atoms with Crippen molar-refractivity contribution in [2.24, 2.45) is 0 Å². The molecule has 0 bridgehead atoms.